The molecule has 0 bridgehead atoms. The molecule has 0 aliphatic carbocycles. The molecule has 30 heavy (non-hydrogen) atoms. The Bertz CT molecular complexity index is 986. The average Bonchev–Trinajstić information content (AvgIpc) is 3.28. The number of furan rings is 1. The Balaban J connectivity index is 1.58. The minimum absolute atomic E-state index is 0.167. The second-order valence-corrected chi connectivity index (χ2v) is 6.64. The van der Waals surface area contributed by atoms with Crippen molar-refractivity contribution >= 4 is 11.9 Å². The van der Waals surface area contributed by atoms with Crippen LogP contribution in [0, 0.1) is 5.82 Å². The van der Waals surface area contributed by atoms with Crippen molar-refractivity contribution < 1.29 is 13.6 Å². The van der Waals surface area contributed by atoms with Crippen molar-refractivity contribution in [3.8, 4) is 0 Å². The number of amides is 1. The second-order valence-electron chi connectivity index (χ2n) is 6.64. The van der Waals surface area contributed by atoms with Crippen LogP contribution >= 0.6 is 0 Å². The Morgan fingerprint density at radius 3 is 2.57 bits per heavy atom. The Kier molecular flexibility index (Phi) is 7.60. The standard InChI is InChI=1S/C23H25FN4O2/c1-2-25-23(28-15-18-7-4-9-20(24)13-18)27-14-17-6-3-8-19(12-17)22(29)26-16-21-10-5-11-30-21/h3-13H,2,14-16H2,1H3,(H,26,29)(H2,25,27,28). The number of guanidine groups is 1. The number of benzene rings is 2. The van der Waals surface area contributed by atoms with Crippen LogP contribution in [0.4, 0.5) is 4.39 Å². The van der Waals surface area contributed by atoms with Gasteiger partial charge in [-0.2, -0.15) is 0 Å². The van der Waals surface area contributed by atoms with Crippen LogP contribution in [0.1, 0.15) is 34.2 Å². The van der Waals surface area contributed by atoms with Gasteiger partial charge in [0.2, 0.25) is 0 Å². The van der Waals surface area contributed by atoms with Gasteiger partial charge in [0.1, 0.15) is 11.6 Å². The van der Waals surface area contributed by atoms with Gasteiger partial charge in [-0.05, 0) is 54.4 Å². The van der Waals surface area contributed by atoms with E-state index in [1.54, 1.807) is 24.5 Å². The molecule has 1 amide bonds. The van der Waals surface area contributed by atoms with Crippen molar-refractivity contribution in [2.75, 3.05) is 6.54 Å². The molecule has 0 atom stereocenters. The van der Waals surface area contributed by atoms with Crippen LogP contribution in [0.25, 0.3) is 0 Å². The van der Waals surface area contributed by atoms with Crippen LogP contribution in [-0.2, 0) is 19.6 Å². The Hall–Kier alpha value is -3.61. The molecule has 0 unspecified atom stereocenters. The maximum Gasteiger partial charge on any atom is 0.251 e. The number of rotatable bonds is 8. The summed E-state index contributed by atoms with van der Waals surface area (Å²) in [6, 6.07) is 17.4. The van der Waals surface area contributed by atoms with Gasteiger partial charge in [0.15, 0.2) is 5.96 Å². The van der Waals surface area contributed by atoms with Crippen LogP contribution < -0.4 is 16.0 Å². The SMILES string of the molecule is CCNC(=NCc1cccc(F)c1)NCc1cccc(C(=O)NCc2ccco2)c1. The molecule has 0 saturated heterocycles. The van der Waals surface area contributed by atoms with Crippen molar-refractivity contribution in [2.45, 2.75) is 26.6 Å². The first-order valence-electron chi connectivity index (χ1n) is 9.80. The topological polar surface area (TPSA) is 78.7 Å². The lowest BCUT2D eigenvalue weighted by Gasteiger charge is -2.12. The summed E-state index contributed by atoms with van der Waals surface area (Å²) in [4.78, 5) is 16.9. The van der Waals surface area contributed by atoms with E-state index in [1.165, 1.54) is 12.1 Å². The van der Waals surface area contributed by atoms with E-state index in [0.717, 1.165) is 11.1 Å². The first-order valence-corrected chi connectivity index (χ1v) is 9.80. The van der Waals surface area contributed by atoms with Crippen molar-refractivity contribution in [2.24, 2.45) is 4.99 Å². The number of nitrogens with zero attached hydrogens (tertiary/aromatic N) is 1. The summed E-state index contributed by atoms with van der Waals surface area (Å²) in [5.41, 5.74) is 2.31. The molecule has 3 aromatic rings. The molecule has 3 N–H and O–H groups in total. The minimum Gasteiger partial charge on any atom is -0.467 e. The summed E-state index contributed by atoms with van der Waals surface area (Å²) in [6.07, 6.45) is 1.57. The van der Waals surface area contributed by atoms with Gasteiger partial charge in [-0.15, -0.1) is 0 Å². The van der Waals surface area contributed by atoms with Gasteiger partial charge in [-0.3, -0.25) is 4.79 Å². The summed E-state index contributed by atoms with van der Waals surface area (Å²) in [5, 5.41) is 9.24. The zero-order valence-corrected chi connectivity index (χ0v) is 16.8. The predicted octanol–water partition coefficient (Wildman–Crippen LogP) is 3.60. The number of halogens is 1. The van der Waals surface area contributed by atoms with E-state index < -0.39 is 0 Å². The van der Waals surface area contributed by atoms with E-state index in [4.69, 9.17) is 4.42 Å². The maximum atomic E-state index is 13.3. The van der Waals surface area contributed by atoms with E-state index in [0.29, 0.717) is 43.5 Å². The summed E-state index contributed by atoms with van der Waals surface area (Å²) in [7, 11) is 0. The van der Waals surface area contributed by atoms with Gasteiger partial charge in [0.05, 0.1) is 19.4 Å². The Labute approximate surface area is 175 Å². The van der Waals surface area contributed by atoms with Crippen molar-refractivity contribution in [3.63, 3.8) is 0 Å². The number of carbonyl (C=O) groups is 1. The highest BCUT2D eigenvalue weighted by atomic mass is 19.1. The molecule has 156 valence electrons. The third kappa shape index (κ3) is 6.48. The van der Waals surface area contributed by atoms with Gasteiger partial charge >= 0.3 is 0 Å². The van der Waals surface area contributed by atoms with E-state index in [-0.39, 0.29) is 11.7 Å². The van der Waals surface area contributed by atoms with Gasteiger partial charge in [-0.1, -0.05) is 24.3 Å². The van der Waals surface area contributed by atoms with Gasteiger partial charge < -0.3 is 20.4 Å². The summed E-state index contributed by atoms with van der Waals surface area (Å²) in [6.45, 7) is 3.87. The smallest absolute Gasteiger partial charge is 0.251 e. The second kappa shape index (κ2) is 10.8. The van der Waals surface area contributed by atoms with Gasteiger partial charge in [0, 0.05) is 18.7 Å². The van der Waals surface area contributed by atoms with Crippen LogP contribution in [0.15, 0.2) is 76.3 Å². The summed E-state index contributed by atoms with van der Waals surface area (Å²) in [5.74, 6) is 0.878. The third-order valence-electron chi connectivity index (χ3n) is 4.31. The largest absolute Gasteiger partial charge is 0.467 e. The molecule has 0 spiro atoms. The first kappa shape index (κ1) is 21.1. The molecule has 2 aromatic carbocycles. The number of aliphatic imine (C=N–C) groups is 1. The van der Waals surface area contributed by atoms with E-state index in [1.807, 2.05) is 37.3 Å². The van der Waals surface area contributed by atoms with Gasteiger partial charge in [0.25, 0.3) is 5.91 Å². The Morgan fingerprint density at radius 2 is 1.80 bits per heavy atom. The van der Waals surface area contributed by atoms with Crippen molar-refractivity contribution in [3.05, 3.63) is 95.2 Å². The van der Waals surface area contributed by atoms with E-state index >= 15 is 0 Å². The fraction of sp³-hybridized carbons (Fsp3) is 0.217. The van der Waals surface area contributed by atoms with Crippen LogP contribution in [0.2, 0.25) is 0 Å². The molecule has 7 heteroatoms. The fourth-order valence-electron chi connectivity index (χ4n) is 2.84. The molecule has 0 fully saturated rings. The lowest BCUT2D eigenvalue weighted by Crippen LogP contribution is -2.36. The molecule has 6 nitrogen and oxygen atoms in total. The fourth-order valence-corrected chi connectivity index (χ4v) is 2.84. The predicted molar refractivity (Wildman–Crippen MR) is 114 cm³/mol. The maximum absolute atomic E-state index is 13.3. The highest BCUT2D eigenvalue weighted by Crippen LogP contribution is 2.07. The molecule has 0 radical (unpaired) electrons. The lowest BCUT2D eigenvalue weighted by atomic mass is 10.1. The van der Waals surface area contributed by atoms with E-state index in [2.05, 4.69) is 20.9 Å². The van der Waals surface area contributed by atoms with Crippen LogP contribution in [-0.4, -0.2) is 18.4 Å². The zero-order chi connectivity index (χ0) is 21.2. The van der Waals surface area contributed by atoms with Crippen LogP contribution in [0.3, 0.4) is 0 Å². The summed E-state index contributed by atoms with van der Waals surface area (Å²) >= 11 is 0. The summed E-state index contributed by atoms with van der Waals surface area (Å²) < 4.78 is 18.6. The number of hydrogen-bond donors (Lipinski definition) is 3. The molecule has 0 aliphatic rings. The number of hydrogen-bond acceptors (Lipinski definition) is 3. The molecular weight excluding hydrogens is 383 g/mol. The molecule has 0 saturated carbocycles. The van der Waals surface area contributed by atoms with Gasteiger partial charge in [-0.25, -0.2) is 9.38 Å². The lowest BCUT2D eigenvalue weighted by molar-refractivity contribution is 0.0948. The minimum atomic E-state index is -0.275. The normalized spacial score (nSPS) is 11.2. The first-order chi connectivity index (χ1) is 14.6. The monoisotopic (exact) mass is 408 g/mol. The molecule has 1 heterocycles. The molecule has 0 aliphatic heterocycles. The van der Waals surface area contributed by atoms with Crippen LogP contribution in [0.5, 0.6) is 0 Å². The Morgan fingerprint density at radius 1 is 0.967 bits per heavy atom. The molecule has 3 rings (SSSR count). The number of nitrogens with one attached hydrogen (secondary N) is 3. The van der Waals surface area contributed by atoms with Crippen molar-refractivity contribution in [1.29, 1.82) is 0 Å². The quantitative estimate of drug-likeness (QED) is 0.393. The molecular formula is C23H25FN4O2. The highest BCUT2D eigenvalue weighted by Gasteiger charge is 2.07. The third-order valence-corrected chi connectivity index (χ3v) is 4.31. The molecule has 1 aromatic heterocycles. The average molecular weight is 408 g/mol. The van der Waals surface area contributed by atoms with Crippen molar-refractivity contribution in [1.82, 2.24) is 16.0 Å². The number of carbonyl (C=O) groups excluding carboxylic acids is 1. The zero-order valence-electron chi connectivity index (χ0n) is 16.8. The van der Waals surface area contributed by atoms with E-state index in [9.17, 15) is 9.18 Å². The highest BCUT2D eigenvalue weighted by molar-refractivity contribution is 5.94.